The minimum Gasteiger partial charge on any atom is -0.464 e. The third kappa shape index (κ3) is 4.23. The van der Waals surface area contributed by atoms with Crippen LogP contribution in [0.2, 0.25) is 5.02 Å². The lowest BCUT2D eigenvalue weighted by Gasteiger charge is -2.10. The Hall–Kier alpha value is -2.27. The van der Waals surface area contributed by atoms with Gasteiger partial charge in [-0.3, -0.25) is 9.59 Å². The number of benzene rings is 1. The van der Waals surface area contributed by atoms with Crippen molar-refractivity contribution in [3.63, 3.8) is 0 Å². The summed E-state index contributed by atoms with van der Waals surface area (Å²) in [5, 5.41) is 3.27. The molecule has 25 heavy (non-hydrogen) atoms. The van der Waals surface area contributed by atoms with Gasteiger partial charge in [-0.15, -0.1) is 0 Å². The van der Waals surface area contributed by atoms with Crippen molar-refractivity contribution in [2.45, 2.75) is 26.7 Å². The van der Waals surface area contributed by atoms with E-state index in [1.807, 2.05) is 36.6 Å². The van der Waals surface area contributed by atoms with Crippen LogP contribution in [0.5, 0.6) is 0 Å². The van der Waals surface area contributed by atoms with Gasteiger partial charge in [0.05, 0.1) is 12.2 Å². The van der Waals surface area contributed by atoms with E-state index in [2.05, 4.69) is 5.32 Å². The molecular weight excluding hydrogens is 340 g/mol. The molecule has 3 rings (SSSR count). The number of ether oxygens (including phenoxy) is 1. The van der Waals surface area contributed by atoms with E-state index in [4.69, 9.17) is 16.3 Å². The standard InChI is InChI=1S/C19H21ClN2O3/c1-12-8-17(13(2)22(12)16-5-3-4-15(20)9-16)19(24)21-10-18(23)25-11-14-6-7-14/h3-5,8-9,14H,6-7,10-11H2,1-2H3,(H,21,24). The zero-order valence-electron chi connectivity index (χ0n) is 14.3. The van der Waals surface area contributed by atoms with E-state index in [0.29, 0.717) is 23.1 Å². The van der Waals surface area contributed by atoms with Crippen LogP contribution in [0.1, 0.15) is 34.6 Å². The fourth-order valence-corrected chi connectivity index (χ4v) is 2.98. The predicted octanol–water partition coefficient (Wildman–Crippen LogP) is 3.43. The predicted molar refractivity (Wildman–Crippen MR) is 96.3 cm³/mol. The highest BCUT2D eigenvalue weighted by atomic mass is 35.5. The third-order valence-electron chi connectivity index (χ3n) is 4.31. The van der Waals surface area contributed by atoms with Gasteiger partial charge in [-0.25, -0.2) is 0 Å². The molecule has 0 unspecified atom stereocenters. The molecule has 0 radical (unpaired) electrons. The van der Waals surface area contributed by atoms with Crippen molar-refractivity contribution in [2.24, 2.45) is 5.92 Å². The van der Waals surface area contributed by atoms with Crippen molar-refractivity contribution in [1.82, 2.24) is 9.88 Å². The Kier molecular flexibility index (Phi) is 5.13. The number of carbonyl (C=O) groups excluding carboxylic acids is 2. The van der Waals surface area contributed by atoms with Crippen LogP contribution in [-0.2, 0) is 9.53 Å². The Labute approximate surface area is 151 Å². The van der Waals surface area contributed by atoms with Gasteiger partial charge in [0.2, 0.25) is 0 Å². The summed E-state index contributed by atoms with van der Waals surface area (Å²) in [6.45, 7) is 4.13. The summed E-state index contributed by atoms with van der Waals surface area (Å²) in [7, 11) is 0. The molecule has 1 aromatic carbocycles. The zero-order chi connectivity index (χ0) is 18.0. The Morgan fingerprint density at radius 2 is 2.04 bits per heavy atom. The molecule has 2 aromatic rings. The average Bonchev–Trinajstić information content (AvgIpc) is 3.35. The molecule has 1 saturated carbocycles. The third-order valence-corrected chi connectivity index (χ3v) is 4.55. The molecule has 1 fully saturated rings. The van der Waals surface area contributed by atoms with Crippen LogP contribution in [-0.4, -0.2) is 29.6 Å². The van der Waals surface area contributed by atoms with E-state index in [9.17, 15) is 9.59 Å². The van der Waals surface area contributed by atoms with Crippen molar-refractivity contribution >= 4 is 23.5 Å². The number of nitrogens with zero attached hydrogens (tertiary/aromatic N) is 1. The minimum absolute atomic E-state index is 0.119. The fourth-order valence-electron chi connectivity index (χ4n) is 2.80. The molecule has 6 heteroatoms. The van der Waals surface area contributed by atoms with Gasteiger partial charge in [0.25, 0.3) is 5.91 Å². The number of esters is 1. The van der Waals surface area contributed by atoms with Gasteiger partial charge in [0, 0.05) is 22.1 Å². The number of rotatable bonds is 6. The van der Waals surface area contributed by atoms with Crippen molar-refractivity contribution in [1.29, 1.82) is 0 Å². The molecule has 1 aliphatic carbocycles. The first-order chi connectivity index (χ1) is 12.0. The molecule has 1 heterocycles. The molecule has 0 atom stereocenters. The number of aryl methyl sites for hydroxylation is 1. The minimum atomic E-state index is -0.399. The lowest BCUT2D eigenvalue weighted by Crippen LogP contribution is -2.31. The summed E-state index contributed by atoms with van der Waals surface area (Å²) in [6.07, 6.45) is 2.24. The Bertz CT molecular complexity index is 809. The topological polar surface area (TPSA) is 60.3 Å². The van der Waals surface area contributed by atoms with Gasteiger partial charge >= 0.3 is 5.97 Å². The normalized spacial score (nSPS) is 13.6. The first kappa shape index (κ1) is 17.5. The first-order valence-electron chi connectivity index (χ1n) is 8.34. The molecule has 1 aliphatic rings. The van der Waals surface area contributed by atoms with Gasteiger partial charge in [0.15, 0.2) is 0 Å². The molecule has 1 N–H and O–H groups in total. The lowest BCUT2D eigenvalue weighted by molar-refractivity contribution is -0.142. The number of amides is 1. The highest BCUT2D eigenvalue weighted by Crippen LogP contribution is 2.28. The SMILES string of the molecule is Cc1cc(C(=O)NCC(=O)OCC2CC2)c(C)n1-c1cccc(Cl)c1. The van der Waals surface area contributed by atoms with E-state index in [1.54, 1.807) is 12.1 Å². The molecule has 5 nitrogen and oxygen atoms in total. The summed E-state index contributed by atoms with van der Waals surface area (Å²) in [6, 6.07) is 9.26. The van der Waals surface area contributed by atoms with Gasteiger partial charge in [0.1, 0.15) is 6.54 Å². The molecule has 0 spiro atoms. The second kappa shape index (κ2) is 7.31. The van der Waals surface area contributed by atoms with E-state index in [-0.39, 0.29) is 12.5 Å². The van der Waals surface area contributed by atoms with Crippen LogP contribution in [0, 0.1) is 19.8 Å². The fraction of sp³-hybridized carbons (Fsp3) is 0.368. The molecule has 132 valence electrons. The van der Waals surface area contributed by atoms with Crippen molar-refractivity contribution in [3.05, 3.63) is 52.3 Å². The van der Waals surface area contributed by atoms with Crippen LogP contribution >= 0.6 is 11.6 Å². The summed E-state index contributed by atoms with van der Waals surface area (Å²) in [5.74, 6) is -0.176. The van der Waals surface area contributed by atoms with Crippen molar-refractivity contribution in [3.8, 4) is 5.69 Å². The molecular formula is C19H21ClN2O3. The number of halogens is 1. The summed E-state index contributed by atoms with van der Waals surface area (Å²) in [4.78, 5) is 24.1. The second-order valence-corrected chi connectivity index (χ2v) is 6.85. The van der Waals surface area contributed by atoms with Crippen LogP contribution < -0.4 is 5.32 Å². The maximum Gasteiger partial charge on any atom is 0.325 e. The number of hydrogen-bond donors (Lipinski definition) is 1. The number of hydrogen-bond acceptors (Lipinski definition) is 3. The van der Waals surface area contributed by atoms with E-state index in [0.717, 1.165) is 29.9 Å². The monoisotopic (exact) mass is 360 g/mol. The van der Waals surface area contributed by atoms with E-state index >= 15 is 0 Å². The van der Waals surface area contributed by atoms with Gasteiger partial charge < -0.3 is 14.6 Å². The molecule has 0 saturated heterocycles. The Balaban J connectivity index is 1.68. The smallest absolute Gasteiger partial charge is 0.325 e. The van der Waals surface area contributed by atoms with Crippen LogP contribution in [0.4, 0.5) is 0 Å². The molecule has 1 aromatic heterocycles. The van der Waals surface area contributed by atoms with Gasteiger partial charge in [-0.05, 0) is 56.9 Å². The average molecular weight is 361 g/mol. The second-order valence-electron chi connectivity index (χ2n) is 6.41. The Morgan fingerprint density at radius 3 is 2.72 bits per heavy atom. The molecule has 0 aliphatic heterocycles. The van der Waals surface area contributed by atoms with Crippen LogP contribution in [0.15, 0.2) is 30.3 Å². The van der Waals surface area contributed by atoms with Crippen molar-refractivity contribution in [2.75, 3.05) is 13.2 Å². The maximum absolute atomic E-state index is 12.4. The number of carbonyl (C=O) groups is 2. The number of aromatic nitrogens is 1. The zero-order valence-corrected chi connectivity index (χ0v) is 15.1. The number of nitrogens with one attached hydrogen (secondary N) is 1. The lowest BCUT2D eigenvalue weighted by atomic mass is 10.2. The van der Waals surface area contributed by atoms with Crippen LogP contribution in [0.25, 0.3) is 5.69 Å². The van der Waals surface area contributed by atoms with Gasteiger partial charge in [-0.2, -0.15) is 0 Å². The molecule has 1 amide bonds. The first-order valence-corrected chi connectivity index (χ1v) is 8.72. The highest BCUT2D eigenvalue weighted by molar-refractivity contribution is 6.30. The van der Waals surface area contributed by atoms with E-state index in [1.165, 1.54) is 0 Å². The largest absolute Gasteiger partial charge is 0.464 e. The summed E-state index contributed by atoms with van der Waals surface area (Å²) in [5.41, 5.74) is 3.14. The van der Waals surface area contributed by atoms with E-state index < -0.39 is 5.97 Å². The summed E-state index contributed by atoms with van der Waals surface area (Å²) >= 11 is 6.07. The van der Waals surface area contributed by atoms with Gasteiger partial charge in [-0.1, -0.05) is 17.7 Å². The summed E-state index contributed by atoms with van der Waals surface area (Å²) < 4.78 is 7.08. The van der Waals surface area contributed by atoms with Crippen molar-refractivity contribution < 1.29 is 14.3 Å². The van der Waals surface area contributed by atoms with Crippen LogP contribution in [0.3, 0.4) is 0 Å². The quantitative estimate of drug-likeness (QED) is 0.803. The maximum atomic E-state index is 12.4. The Morgan fingerprint density at radius 1 is 1.28 bits per heavy atom. The highest BCUT2D eigenvalue weighted by Gasteiger charge is 2.23. The molecule has 0 bridgehead atoms.